The predicted molar refractivity (Wildman–Crippen MR) is 128 cm³/mol. The third-order valence-corrected chi connectivity index (χ3v) is 4.65. The Bertz CT molecular complexity index is 1200. The monoisotopic (exact) mass is 460 g/mol. The fourth-order valence-electron chi connectivity index (χ4n) is 3.10. The number of halogens is 1. The topological polar surface area (TPSA) is 80.6 Å². The van der Waals surface area contributed by atoms with Crippen LogP contribution in [0, 0.1) is 17.1 Å². The van der Waals surface area contributed by atoms with Gasteiger partial charge in [-0.05, 0) is 79.6 Å². The fraction of sp³-hybridized carbons (Fsp3) is 0.185. The number of hydrogen-bond donors (Lipinski definition) is 1. The number of anilines is 1. The van der Waals surface area contributed by atoms with Gasteiger partial charge in [-0.15, -0.1) is 0 Å². The van der Waals surface area contributed by atoms with Gasteiger partial charge in [-0.2, -0.15) is 5.26 Å². The summed E-state index contributed by atoms with van der Waals surface area (Å²) in [5, 5.41) is 12.2. The zero-order chi connectivity index (χ0) is 24.3. The molecular formula is C27H25FN2O4. The number of carbonyl (C=O) groups excluding carboxylic acids is 1. The second kappa shape index (κ2) is 12.1. The van der Waals surface area contributed by atoms with E-state index in [2.05, 4.69) is 5.32 Å². The van der Waals surface area contributed by atoms with Crippen molar-refractivity contribution >= 4 is 17.7 Å². The largest absolute Gasteiger partial charge is 0.494 e. The van der Waals surface area contributed by atoms with E-state index in [-0.39, 0.29) is 18.0 Å². The van der Waals surface area contributed by atoms with E-state index < -0.39 is 5.91 Å². The van der Waals surface area contributed by atoms with Crippen molar-refractivity contribution in [2.75, 3.05) is 18.5 Å². The van der Waals surface area contributed by atoms with Crippen LogP contribution < -0.4 is 19.5 Å². The van der Waals surface area contributed by atoms with Crippen LogP contribution in [0.1, 0.15) is 25.0 Å². The van der Waals surface area contributed by atoms with Crippen molar-refractivity contribution in [1.29, 1.82) is 5.26 Å². The van der Waals surface area contributed by atoms with E-state index >= 15 is 0 Å². The van der Waals surface area contributed by atoms with Crippen LogP contribution in [0.4, 0.5) is 10.1 Å². The minimum absolute atomic E-state index is 0.0650. The molecule has 0 fully saturated rings. The first-order chi connectivity index (χ1) is 16.5. The summed E-state index contributed by atoms with van der Waals surface area (Å²) in [6.07, 6.45) is 1.47. The van der Waals surface area contributed by atoms with Crippen molar-refractivity contribution in [2.24, 2.45) is 0 Å². The fourth-order valence-corrected chi connectivity index (χ4v) is 3.10. The molecule has 0 aliphatic heterocycles. The lowest BCUT2D eigenvalue weighted by molar-refractivity contribution is -0.112. The second-order valence-corrected chi connectivity index (χ2v) is 7.14. The number of ether oxygens (including phenoxy) is 3. The van der Waals surface area contributed by atoms with E-state index in [0.29, 0.717) is 47.3 Å². The van der Waals surface area contributed by atoms with Crippen LogP contribution in [-0.2, 0) is 11.4 Å². The van der Waals surface area contributed by atoms with Crippen molar-refractivity contribution in [3.05, 3.63) is 89.2 Å². The van der Waals surface area contributed by atoms with Gasteiger partial charge >= 0.3 is 0 Å². The van der Waals surface area contributed by atoms with Crippen LogP contribution in [-0.4, -0.2) is 19.1 Å². The average molecular weight is 461 g/mol. The van der Waals surface area contributed by atoms with E-state index in [9.17, 15) is 14.4 Å². The Kier molecular flexibility index (Phi) is 8.64. The Morgan fingerprint density at radius 2 is 1.74 bits per heavy atom. The Labute approximate surface area is 198 Å². The van der Waals surface area contributed by atoms with E-state index in [4.69, 9.17) is 14.2 Å². The molecule has 0 saturated heterocycles. The first-order valence-corrected chi connectivity index (χ1v) is 10.8. The summed E-state index contributed by atoms with van der Waals surface area (Å²) in [7, 11) is 0. The molecule has 6 nitrogen and oxygen atoms in total. The molecule has 3 aromatic rings. The summed E-state index contributed by atoms with van der Waals surface area (Å²) in [6.45, 7) is 4.84. The van der Waals surface area contributed by atoms with Crippen molar-refractivity contribution < 1.29 is 23.4 Å². The molecule has 3 aromatic carbocycles. The number of nitriles is 1. The minimum Gasteiger partial charge on any atom is -0.494 e. The van der Waals surface area contributed by atoms with Gasteiger partial charge in [0.1, 0.15) is 29.8 Å². The number of nitrogens with zero attached hydrogens (tertiary/aromatic N) is 1. The smallest absolute Gasteiger partial charge is 0.266 e. The highest BCUT2D eigenvalue weighted by atomic mass is 19.1. The molecule has 0 unspecified atom stereocenters. The van der Waals surface area contributed by atoms with Crippen LogP contribution >= 0.6 is 0 Å². The average Bonchev–Trinajstić information content (AvgIpc) is 2.83. The van der Waals surface area contributed by atoms with E-state index in [1.54, 1.807) is 54.6 Å². The molecule has 7 heteroatoms. The first-order valence-electron chi connectivity index (χ1n) is 10.8. The Morgan fingerprint density at radius 3 is 2.41 bits per heavy atom. The molecule has 1 N–H and O–H groups in total. The predicted octanol–water partition coefficient (Wildman–Crippen LogP) is 5.75. The second-order valence-electron chi connectivity index (χ2n) is 7.14. The van der Waals surface area contributed by atoms with E-state index in [1.165, 1.54) is 18.2 Å². The number of carbonyl (C=O) groups is 1. The van der Waals surface area contributed by atoms with Gasteiger partial charge in [0, 0.05) is 5.69 Å². The van der Waals surface area contributed by atoms with Gasteiger partial charge in [-0.1, -0.05) is 18.2 Å². The van der Waals surface area contributed by atoms with Gasteiger partial charge in [0.2, 0.25) is 0 Å². The SMILES string of the molecule is CCOc1ccc(NC(=O)/C(C#N)=C\c2ccc(OCc3cccc(F)c3)c(OCC)c2)cc1. The maximum atomic E-state index is 13.4. The number of rotatable bonds is 10. The van der Waals surface area contributed by atoms with E-state index in [1.807, 2.05) is 19.9 Å². The number of benzene rings is 3. The van der Waals surface area contributed by atoms with Gasteiger partial charge in [0.15, 0.2) is 11.5 Å². The third-order valence-electron chi connectivity index (χ3n) is 4.65. The Balaban J connectivity index is 1.74. The molecule has 3 rings (SSSR count). The highest BCUT2D eigenvalue weighted by Crippen LogP contribution is 2.30. The minimum atomic E-state index is -0.531. The van der Waals surface area contributed by atoms with Gasteiger partial charge < -0.3 is 19.5 Å². The molecule has 0 heterocycles. The summed E-state index contributed by atoms with van der Waals surface area (Å²) < 4.78 is 30.3. The molecule has 0 aliphatic carbocycles. The van der Waals surface area contributed by atoms with Gasteiger partial charge in [-0.25, -0.2) is 4.39 Å². The van der Waals surface area contributed by atoms with Crippen molar-refractivity contribution in [1.82, 2.24) is 0 Å². The van der Waals surface area contributed by atoms with Crippen LogP contribution in [0.15, 0.2) is 72.3 Å². The highest BCUT2D eigenvalue weighted by Gasteiger charge is 2.12. The lowest BCUT2D eigenvalue weighted by Gasteiger charge is -2.13. The number of nitrogens with one attached hydrogen (secondary N) is 1. The lowest BCUT2D eigenvalue weighted by Crippen LogP contribution is -2.13. The van der Waals surface area contributed by atoms with Crippen molar-refractivity contribution in [3.8, 4) is 23.3 Å². The molecule has 0 bridgehead atoms. The maximum absolute atomic E-state index is 13.4. The molecule has 0 aliphatic rings. The third kappa shape index (κ3) is 6.84. The molecular weight excluding hydrogens is 435 g/mol. The molecule has 0 aromatic heterocycles. The molecule has 0 saturated carbocycles. The van der Waals surface area contributed by atoms with Gasteiger partial charge in [0.05, 0.1) is 13.2 Å². The highest BCUT2D eigenvalue weighted by molar-refractivity contribution is 6.09. The molecule has 1 amide bonds. The molecule has 174 valence electrons. The number of amides is 1. The van der Waals surface area contributed by atoms with Gasteiger partial charge in [0.25, 0.3) is 5.91 Å². The van der Waals surface area contributed by atoms with Crippen molar-refractivity contribution in [3.63, 3.8) is 0 Å². The van der Waals surface area contributed by atoms with Crippen LogP contribution in [0.3, 0.4) is 0 Å². The molecule has 34 heavy (non-hydrogen) atoms. The molecule has 0 atom stereocenters. The standard InChI is InChI=1S/C27H25FN2O4/c1-3-32-24-11-9-23(10-12-24)30-27(31)21(17-29)14-19-8-13-25(26(16-19)33-4-2)34-18-20-6-5-7-22(28)15-20/h5-16H,3-4,18H2,1-2H3,(H,30,31)/b21-14-. The van der Waals surface area contributed by atoms with Gasteiger partial charge in [-0.3, -0.25) is 4.79 Å². The Hall–Kier alpha value is -4.31. The normalized spacial score (nSPS) is 10.8. The summed E-state index contributed by atoms with van der Waals surface area (Å²) in [6, 6.07) is 20.1. The molecule has 0 radical (unpaired) electrons. The maximum Gasteiger partial charge on any atom is 0.266 e. The summed E-state index contributed by atoms with van der Waals surface area (Å²) in [5.41, 5.74) is 1.76. The summed E-state index contributed by atoms with van der Waals surface area (Å²) in [4.78, 5) is 12.6. The summed E-state index contributed by atoms with van der Waals surface area (Å²) in [5.74, 6) is 0.757. The Morgan fingerprint density at radius 1 is 0.971 bits per heavy atom. The van der Waals surface area contributed by atoms with E-state index in [0.717, 1.165) is 0 Å². The van der Waals surface area contributed by atoms with Crippen LogP contribution in [0.2, 0.25) is 0 Å². The van der Waals surface area contributed by atoms with Crippen LogP contribution in [0.25, 0.3) is 6.08 Å². The number of hydrogen-bond acceptors (Lipinski definition) is 5. The van der Waals surface area contributed by atoms with Crippen molar-refractivity contribution in [2.45, 2.75) is 20.5 Å². The quantitative estimate of drug-likeness (QED) is 0.308. The summed E-state index contributed by atoms with van der Waals surface area (Å²) >= 11 is 0. The molecule has 0 spiro atoms. The zero-order valence-electron chi connectivity index (χ0n) is 19.0. The lowest BCUT2D eigenvalue weighted by atomic mass is 10.1. The van der Waals surface area contributed by atoms with Crippen LogP contribution in [0.5, 0.6) is 17.2 Å². The first kappa shape index (κ1) is 24.3. The zero-order valence-corrected chi connectivity index (χ0v) is 19.0.